The van der Waals surface area contributed by atoms with E-state index in [1.165, 1.54) is 17.8 Å². The number of nitrogens with zero attached hydrogens (tertiary/aromatic N) is 1. The highest BCUT2D eigenvalue weighted by molar-refractivity contribution is 9.10. The molecule has 0 amide bonds. The van der Waals surface area contributed by atoms with Gasteiger partial charge in [-0.15, -0.1) is 0 Å². The molecule has 0 aliphatic heterocycles. The summed E-state index contributed by atoms with van der Waals surface area (Å²) in [6.07, 6.45) is 0. The second-order valence-electron chi connectivity index (χ2n) is 4.52. The minimum absolute atomic E-state index is 0.131. The van der Waals surface area contributed by atoms with E-state index in [-0.39, 0.29) is 16.7 Å². The normalized spacial score (nSPS) is 12.1. The van der Waals surface area contributed by atoms with Crippen molar-refractivity contribution in [2.24, 2.45) is 0 Å². The molecule has 0 aliphatic carbocycles. The number of para-hydroxylation sites is 1. The van der Waals surface area contributed by atoms with Crippen molar-refractivity contribution < 1.29 is 4.92 Å². The van der Waals surface area contributed by atoms with E-state index in [0.717, 1.165) is 14.9 Å². The third kappa shape index (κ3) is 3.84. The van der Waals surface area contributed by atoms with Gasteiger partial charge in [-0.1, -0.05) is 45.9 Å². The van der Waals surface area contributed by atoms with Crippen molar-refractivity contribution in [3.63, 3.8) is 0 Å². The second-order valence-corrected chi connectivity index (χ2v) is 6.49. The van der Waals surface area contributed by atoms with Gasteiger partial charge >= 0.3 is 0 Å². The van der Waals surface area contributed by atoms with Crippen LogP contribution in [0.15, 0.2) is 56.7 Å². The molecule has 0 heterocycles. The topological polar surface area (TPSA) is 55.2 Å². The van der Waals surface area contributed by atoms with E-state index < -0.39 is 0 Å². The Morgan fingerprint density at radius 1 is 1.29 bits per heavy atom. The summed E-state index contributed by atoms with van der Waals surface area (Å²) in [5.74, 6) is 0. The van der Waals surface area contributed by atoms with Crippen molar-refractivity contribution in [3.8, 4) is 0 Å². The summed E-state index contributed by atoms with van der Waals surface area (Å²) in [6.45, 7) is 2.08. The molecule has 0 bridgehead atoms. The van der Waals surface area contributed by atoms with Crippen LogP contribution in [0.4, 0.5) is 5.69 Å². The predicted octanol–water partition coefficient (Wildman–Crippen LogP) is 4.79. The first-order valence-corrected chi connectivity index (χ1v) is 8.02. The Kier molecular flexibility index (Phi) is 5.39. The number of benzene rings is 2. The maximum atomic E-state index is 11.0. The van der Waals surface area contributed by atoms with Crippen LogP contribution in [-0.4, -0.2) is 12.0 Å². The highest BCUT2D eigenvalue weighted by Crippen LogP contribution is 2.36. The molecule has 0 spiro atoms. The molecule has 2 aromatic carbocycles. The first kappa shape index (κ1) is 16.0. The van der Waals surface area contributed by atoms with Gasteiger partial charge in [0.05, 0.1) is 9.82 Å². The largest absolute Gasteiger partial charge is 0.313 e. The fraction of sp³-hybridized carbons (Fsp3) is 0.200. The average Bonchev–Trinajstić information content (AvgIpc) is 2.47. The smallest absolute Gasteiger partial charge is 0.283 e. The van der Waals surface area contributed by atoms with Gasteiger partial charge in [-0.05, 0) is 37.7 Å². The first-order valence-electron chi connectivity index (χ1n) is 6.41. The van der Waals surface area contributed by atoms with Gasteiger partial charge in [0.15, 0.2) is 0 Å². The fourth-order valence-electron chi connectivity index (χ4n) is 1.90. The molecule has 2 aromatic rings. The van der Waals surface area contributed by atoms with E-state index in [2.05, 4.69) is 28.2 Å². The van der Waals surface area contributed by atoms with Gasteiger partial charge in [0.2, 0.25) is 0 Å². The van der Waals surface area contributed by atoms with Gasteiger partial charge in [-0.2, -0.15) is 0 Å². The number of nitro benzene ring substituents is 1. The Bertz CT molecular complexity index is 664. The van der Waals surface area contributed by atoms with Gasteiger partial charge in [-0.3, -0.25) is 10.1 Å². The number of hydrogen-bond acceptors (Lipinski definition) is 4. The Hall–Kier alpha value is -1.37. The second kappa shape index (κ2) is 7.06. The van der Waals surface area contributed by atoms with Crippen LogP contribution < -0.4 is 5.32 Å². The Balaban J connectivity index is 2.29. The van der Waals surface area contributed by atoms with Crippen molar-refractivity contribution in [1.29, 1.82) is 0 Å². The lowest BCUT2D eigenvalue weighted by Crippen LogP contribution is -2.12. The molecule has 2 rings (SSSR count). The van der Waals surface area contributed by atoms with Crippen molar-refractivity contribution in [2.45, 2.75) is 22.8 Å². The van der Waals surface area contributed by atoms with E-state index >= 15 is 0 Å². The summed E-state index contributed by atoms with van der Waals surface area (Å²) in [6, 6.07) is 13.0. The van der Waals surface area contributed by atoms with E-state index in [9.17, 15) is 10.1 Å². The molecular weight excluding hydrogens is 352 g/mol. The van der Waals surface area contributed by atoms with Gasteiger partial charge in [0.1, 0.15) is 0 Å². The SMILES string of the molecule is CNC(C)c1ccc(Sc2ccccc2[N+](=O)[O-])cc1Br. The van der Waals surface area contributed by atoms with Crippen LogP contribution in [0.25, 0.3) is 0 Å². The van der Waals surface area contributed by atoms with Crippen molar-refractivity contribution in [2.75, 3.05) is 7.05 Å². The molecule has 0 fully saturated rings. The van der Waals surface area contributed by atoms with E-state index in [1.807, 2.05) is 31.3 Å². The molecule has 1 atom stereocenters. The van der Waals surface area contributed by atoms with E-state index in [0.29, 0.717) is 4.90 Å². The lowest BCUT2D eigenvalue weighted by molar-refractivity contribution is -0.387. The van der Waals surface area contributed by atoms with E-state index in [1.54, 1.807) is 12.1 Å². The monoisotopic (exact) mass is 366 g/mol. The standard InChI is InChI=1S/C15H15BrN2O2S/c1-10(17-2)12-8-7-11(9-13(12)16)21-15-6-4-3-5-14(15)18(19)20/h3-10,17H,1-2H3. The zero-order valence-electron chi connectivity index (χ0n) is 11.7. The maximum Gasteiger partial charge on any atom is 0.283 e. The van der Waals surface area contributed by atoms with Gasteiger partial charge in [-0.25, -0.2) is 0 Å². The minimum Gasteiger partial charge on any atom is -0.313 e. The van der Waals surface area contributed by atoms with Crippen LogP contribution in [0.5, 0.6) is 0 Å². The zero-order valence-corrected chi connectivity index (χ0v) is 14.1. The number of nitrogens with one attached hydrogen (secondary N) is 1. The van der Waals surface area contributed by atoms with Crippen LogP contribution >= 0.6 is 27.7 Å². The summed E-state index contributed by atoms with van der Waals surface area (Å²) < 4.78 is 0.993. The van der Waals surface area contributed by atoms with Crippen molar-refractivity contribution >= 4 is 33.4 Å². The maximum absolute atomic E-state index is 11.0. The summed E-state index contributed by atoms with van der Waals surface area (Å²) in [5, 5.41) is 14.2. The molecule has 110 valence electrons. The lowest BCUT2D eigenvalue weighted by Gasteiger charge is -2.13. The third-order valence-corrected chi connectivity index (χ3v) is 4.90. The molecular formula is C15H15BrN2O2S. The average molecular weight is 367 g/mol. The molecule has 21 heavy (non-hydrogen) atoms. The molecule has 6 heteroatoms. The number of hydrogen-bond donors (Lipinski definition) is 1. The highest BCUT2D eigenvalue weighted by Gasteiger charge is 2.14. The van der Waals surface area contributed by atoms with Crippen LogP contribution in [-0.2, 0) is 0 Å². The molecule has 1 unspecified atom stereocenters. The van der Waals surface area contributed by atoms with Crippen molar-refractivity contribution in [3.05, 3.63) is 62.6 Å². The number of halogens is 1. The van der Waals surface area contributed by atoms with Crippen LogP contribution in [0.1, 0.15) is 18.5 Å². The van der Waals surface area contributed by atoms with Crippen LogP contribution in [0.3, 0.4) is 0 Å². The summed E-state index contributed by atoms with van der Waals surface area (Å²) in [4.78, 5) is 12.3. The zero-order chi connectivity index (χ0) is 15.4. The molecule has 4 nitrogen and oxygen atoms in total. The number of nitro groups is 1. The molecule has 0 saturated heterocycles. The predicted molar refractivity (Wildman–Crippen MR) is 88.8 cm³/mol. The molecule has 0 radical (unpaired) electrons. The highest BCUT2D eigenvalue weighted by atomic mass is 79.9. The molecule has 1 N–H and O–H groups in total. The molecule has 0 aromatic heterocycles. The Morgan fingerprint density at radius 3 is 2.62 bits per heavy atom. The summed E-state index contributed by atoms with van der Waals surface area (Å²) in [5.41, 5.74) is 1.29. The van der Waals surface area contributed by atoms with Crippen molar-refractivity contribution in [1.82, 2.24) is 5.32 Å². The van der Waals surface area contributed by atoms with Crippen LogP contribution in [0, 0.1) is 10.1 Å². The summed E-state index contributed by atoms with van der Waals surface area (Å²) >= 11 is 4.95. The Morgan fingerprint density at radius 2 is 2.00 bits per heavy atom. The molecule has 0 saturated carbocycles. The Labute approximate surface area is 136 Å². The van der Waals surface area contributed by atoms with Gasteiger partial charge in [0, 0.05) is 21.5 Å². The number of rotatable bonds is 5. The summed E-state index contributed by atoms with van der Waals surface area (Å²) in [7, 11) is 1.91. The third-order valence-electron chi connectivity index (χ3n) is 3.16. The lowest BCUT2D eigenvalue weighted by atomic mass is 10.1. The fourth-order valence-corrected chi connectivity index (χ4v) is 3.73. The quantitative estimate of drug-likeness (QED) is 0.610. The van der Waals surface area contributed by atoms with Gasteiger partial charge in [0.25, 0.3) is 5.69 Å². The minimum atomic E-state index is -0.352. The molecule has 0 aliphatic rings. The van der Waals surface area contributed by atoms with E-state index in [4.69, 9.17) is 0 Å². The van der Waals surface area contributed by atoms with Crippen LogP contribution in [0.2, 0.25) is 0 Å². The first-order chi connectivity index (χ1) is 10.0. The van der Waals surface area contributed by atoms with Gasteiger partial charge < -0.3 is 5.32 Å².